The van der Waals surface area contributed by atoms with Crippen LogP contribution in [0, 0.1) is 5.82 Å². The molecule has 0 bridgehead atoms. The summed E-state index contributed by atoms with van der Waals surface area (Å²) in [5.74, 6) is 0.168. The highest BCUT2D eigenvalue weighted by Gasteiger charge is 2.14. The second-order valence-corrected chi connectivity index (χ2v) is 6.67. The first-order valence-corrected chi connectivity index (χ1v) is 7.46. The number of aromatic nitrogens is 1. The fraction of sp³-hybridized carbons (Fsp3) is 0.312. The number of ether oxygens (including phenoxy) is 1. The second-order valence-electron chi connectivity index (χ2n) is 5.75. The average molecular weight is 353 g/mol. The third-order valence-corrected chi connectivity index (χ3v) is 3.18. The molecule has 1 N–H and O–H groups in total. The molecule has 0 fully saturated rings. The molecule has 0 saturated carbocycles. The lowest BCUT2D eigenvalue weighted by molar-refractivity contribution is 0.399. The fourth-order valence-electron chi connectivity index (χ4n) is 1.68. The van der Waals surface area contributed by atoms with Crippen LogP contribution in [-0.4, -0.2) is 10.5 Å². The number of nitrogens with zero attached hydrogens (tertiary/aromatic N) is 1. The molecule has 0 radical (unpaired) electrons. The van der Waals surface area contributed by atoms with Crippen LogP contribution in [-0.2, 0) is 6.54 Å². The summed E-state index contributed by atoms with van der Waals surface area (Å²) in [7, 11) is 0. The van der Waals surface area contributed by atoms with Gasteiger partial charge in [-0.2, -0.15) is 0 Å². The van der Waals surface area contributed by atoms with Crippen molar-refractivity contribution in [3.63, 3.8) is 0 Å². The van der Waals surface area contributed by atoms with Crippen LogP contribution >= 0.6 is 15.9 Å². The van der Waals surface area contributed by atoms with E-state index in [4.69, 9.17) is 4.74 Å². The van der Waals surface area contributed by atoms with Crippen LogP contribution < -0.4 is 10.1 Å². The molecule has 0 spiro atoms. The molecule has 0 aliphatic heterocycles. The van der Waals surface area contributed by atoms with Crippen LogP contribution in [0.1, 0.15) is 26.3 Å². The zero-order chi connectivity index (χ0) is 15.5. The summed E-state index contributed by atoms with van der Waals surface area (Å²) < 4.78 is 20.2. The van der Waals surface area contributed by atoms with Crippen LogP contribution in [0.2, 0.25) is 0 Å². The maximum Gasteiger partial charge on any atom is 0.223 e. The first kappa shape index (κ1) is 15.9. The van der Waals surface area contributed by atoms with E-state index in [1.165, 1.54) is 6.07 Å². The number of halogens is 2. The minimum Gasteiger partial charge on any atom is -0.436 e. The van der Waals surface area contributed by atoms with Crippen molar-refractivity contribution in [2.45, 2.75) is 32.9 Å². The summed E-state index contributed by atoms with van der Waals surface area (Å²) in [6, 6.07) is 8.22. The van der Waals surface area contributed by atoms with E-state index in [9.17, 15) is 4.39 Å². The van der Waals surface area contributed by atoms with E-state index in [1.54, 1.807) is 24.4 Å². The molecule has 1 aromatic heterocycles. The maximum atomic E-state index is 13.7. The molecule has 1 heterocycles. The minimum atomic E-state index is -0.406. The monoisotopic (exact) mass is 352 g/mol. The fourth-order valence-corrected chi connectivity index (χ4v) is 2.06. The van der Waals surface area contributed by atoms with Crippen molar-refractivity contribution in [1.29, 1.82) is 0 Å². The van der Waals surface area contributed by atoms with E-state index in [1.807, 2.05) is 6.07 Å². The van der Waals surface area contributed by atoms with Gasteiger partial charge in [-0.05, 0) is 54.9 Å². The second kappa shape index (κ2) is 6.54. The number of benzene rings is 1. The third-order valence-electron chi connectivity index (χ3n) is 2.74. The SMILES string of the molecule is CC(C)(C)NCc1cc(Br)cnc1Oc1ccccc1F. The highest BCUT2D eigenvalue weighted by atomic mass is 79.9. The summed E-state index contributed by atoms with van der Waals surface area (Å²) in [6.45, 7) is 6.82. The normalized spacial score (nSPS) is 11.5. The lowest BCUT2D eigenvalue weighted by atomic mass is 10.1. The molecular formula is C16H18BrFN2O. The molecule has 1 aromatic carbocycles. The lowest BCUT2D eigenvalue weighted by Gasteiger charge is -2.21. The Morgan fingerprint density at radius 3 is 2.67 bits per heavy atom. The van der Waals surface area contributed by atoms with Gasteiger partial charge in [0, 0.05) is 28.3 Å². The molecule has 0 amide bonds. The van der Waals surface area contributed by atoms with E-state index < -0.39 is 5.82 Å². The first-order valence-electron chi connectivity index (χ1n) is 6.67. The lowest BCUT2D eigenvalue weighted by Crippen LogP contribution is -2.35. The van der Waals surface area contributed by atoms with Gasteiger partial charge in [-0.25, -0.2) is 9.37 Å². The summed E-state index contributed by atoms with van der Waals surface area (Å²) in [4.78, 5) is 4.24. The number of pyridine rings is 1. The molecule has 0 aliphatic carbocycles. The predicted molar refractivity (Wildman–Crippen MR) is 85.0 cm³/mol. The van der Waals surface area contributed by atoms with Gasteiger partial charge in [0.05, 0.1) is 0 Å². The van der Waals surface area contributed by atoms with Gasteiger partial charge >= 0.3 is 0 Å². The number of rotatable bonds is 4. The van der Waals surface area contributed by atoms with Crippen LogP contribution in [0.25, 0.3) is 0 Å². The Bertz CT molecular complexity index is 626. The van der Waals surface area contributed by atoms with E-state index in [-0.39, 0.29) is 11.3 Å². The van der Waals surface area contributed by atoms with Crippen molar-refractivity contribution in [2.24, 2.45) is 0 Å². The summed E-state index contributed by atoms with van der Waals surface area (Å²) in [5.41, 5.74) is 0.833. The highest BCUT2D eigenvalue weighted by molar-refractivity contribution is 9.10. The van der Waals surface area contributed by atoms with Gasteiger partial charge in [-0.15, -0.1) is 0 Å². The molecule has 5 heteroatoms. The van der Waals surface area contributed by atoms with Crippen molar-refractivity contribution in [3.8, 4) is 11.6 Å². The number of hydrogen-bond donors (Lipinski definition) is 1. The standard InChI is InChI=1S/C16H18BrFN2O/c1-16(2,3)20-9-11-8-12(17)10-19-15(11)21-14-7-5-4-6-13(14)18/h4-8,10,20H,9H2,1-3H3. The Morgan fingerprint density at radius 1 is 1.29 bits per heavy atom. The molecule has 0 unspecified atom stereocenters. The Kier molecular flexibility index (Phi) is 4.96. The zero-order valence-corrected chi connectivity index (χ0v) is 13.9. The summed E-state index contributed by atoms with van der Waals surface area (Å²) in [6.07, 6.45) is 1.64. The molecular weight excluding hydrogens is 335 g/mol. The molecule has 0 atom stereocenters. The van der Waals surface area contributed by atoms with Crippen molar-refractivity contribution in [2.75, 3.05) is 0 Å². The summed E-state index contributed by atoms with van der Waals surface area (Å²) >= 11 is 3.40. The van der Waals surface area contributed by atoms with Crippen molar-refractivity contribution in [1.82, 2.24) is 10.3 Å². The van der Waals surface area contributed by atoms with Gasteiger partial charge in [0.2, 0.25) is 5.88 Å². The van der Waals surface area contributed by atoms with Gasteiger partial charge in [0.15, 0.2) is 11.6 Å². The number of para-hydroxylation sites is 1. The number of hydrogen-bond acceptors (Lipinski definition) is 3. The van der Waals surface area contributed by atoms with Crippen molar-refractivity contribution >= 4 is 15.9 Å². The predicted octanol–water partition coefficient (Wildman–Crippen LogP) is 4.66. The van der Waals surface area contributed by atoms with Crippen LogP contribution in [0.3, 0.4) is 0 Å². The van der Waals surface area contributed by atoms with Gasteiger partial charge in [0.1, 0.15) is 0 Å². The molecule has 3 nitrogen and oxygen atoms in total. The van der Waals surface area contributed by atoms with Gasteiger partial charge < -0.3 is 10.1 Å². The molecule has 112 valence electrons. The minimum absolute atomic E-state index is 0.0302. The van der Waals surface area contributed by atoms with Crippen LogP contribution in [0.15, 0.2) is 41.0 Å². The van der Waals surface area contributed by atoms with Gasteiger partial charge in [-0.3, -0.25) is 0 Å². The molecule has 21 heavy (non-hydrogen) atoms. The highest BCUT2D eigenvalue weighted by Crippen LogP contribution is 2.27. The molecule has 0 aliphatic rings. The topological polar surface area (TPSA) is 34.2 Å². The first-order chi connectivity index (χ1) is 9.85. The maximum absolute atomic E-state index is 13.7. The molecule has 2 aromatic rings. The van der Waals surface area contributed by atoms with E-state index >= 15 is 0 Å². The Morgan fingerprint density at radius 2 is 2.00 bits per heavy atom. The van der Waals surface area contributed by atoms with E-state index in [2.05, 4.69) is 47.0 Å². The van der Waals surface area contributed by atoms with Crippen LogP contribution in [0.5, 0.6) is 11.6 Å². The smallest absolute Gasteiger partial charge is 0.223 e. The zero-order valence-electron chi connectivity index (χ0n) is 12.3. The van der Waals surface area contributed by atoms with E-state index in [0.717, 1.165) is 10.0 Å². The van der Waals surface area contributed by atoms with Gasteiger partial charge in [-0.1, -0.05) is 12.1 Å². The van der Waals surface area contributed by atoms with Gasteiger partial charge in [0.25, 0.3) is 0 Å². The van der Waals surface area contributed by atoms with Crippen molar-refractivity contribution < 1.29 is 9.13 Å². The Balaban J connectivity index is 2.25. The number of nitrogens with one attached hydrogen (secondary N) is 1. The van der Waals surface area contributed by atoms with Crippen molar-refractivity contribution in [3.05, 3.63) is 52.4 Å². The molecule has 2 rings (SSSR count). The Hall–Kier alpha value is -1.46. The van der Waals surface area contributed by atoms with Crippen LogP contribution in [0.4, 0.5) is 4.39 Å². The Labute approximate surface area is 132 Å². The average Bonchev–Trinajstić information content (AvgIpc) is 2.40. The van der Waals surface area contributed by atoms with E-state index in [0.29, 0.717) is 12.4 Å². The third kappa shape index (κ3) is 4.79. The summed E-state index contributed by atoms with van der Waals surface area (Å²) in [5, 5.41) is 3.37. The largest absolute Gasteiger partial charge is 0.436 e. The quantitative estimate of drug-likeness (QED) is 0.868. The molecule has 0 saturated heterocycles.